The number of hydrogen-bond donors (Lipinski definition) is 1. The second kappa shape index (κ2) is 7.82. The predicted molar refractivity (Wildman–Crippen MR) is 105 cm³/mol. The number of benzene rings is 2. The minimum Gasteiger partial charge on any atom is -0.368 e. The quantitative estimate of drug-likeness (QED) is 0.850. The molecule has 1 heterocycles. The third-order valence-electron chi connectivity index (χ3n) is 5.42. The molecule has 2 aromatic carbocycles. The maximum absolute atomic E-state index is 12.6. The van der Waals surface area contributed by atoms with Crippen molar-refractivity contribution >= 4 is 17.5 Å². The van der Waals surface area contributed by atoms with E-state index >= 15 is 0 Å². The van der Waals surface area contributed by atoms with Crippen LogP contribution in [0.2, 0.25) is 0 Å². The van der Waals surface area contributed by atoms with Crippen molar-refractivity contribution in [3.05, 3.63) is 66.2 Å². The Bertz CT molecular complexity index is 782. The molecule has 0 aromatic heterocycles. The smallest absolute Gasteiger partial charge is 0.312 e. The van der Waals surface area contributed by atoms with E-state index in [1.54, 1.807) is 4.90 Å². The molecule has 140 valence electrons. The number of nitrogens with zero attached hydrogens (tertiary/aromatic N) is 2. The van der Waals surface area contributed by atoms with Gasteiger partial charge in [-0.05, 0) is 36.5 Å². The number of carbonyl (C=O) groups excluding carboxylic acids is 2. The molecular weight excluding hydrogens is 338 g/mol. The standard InChI is InChI=1S/C22H25N3O2/c26-21(23-20(18-11-12-18)17-7-3-1-4-8-17)22(27)25-15-13-24(14-16-25)19-9-5-2-6-10-19/h1-10,18,20H,11-16H2,(H,23,26). The molecule has 1 N–H and O–H groups in total. The molecule has 0 spiro atoms. The summed E-state index contributed by atoms with van der Waals surface area (Å²) in [6.07, 6.45) is 2.20. The Kier molecular flexibility index (Phi) is 5.10. The van der Waals surface area contributed by atoms with E-state index in [9.17, 15) is 9.59 Å². The minimum absolute atomic E-state index is 0.0618. The molecule has 5 nitrogen and oxygen atoms in total. The van der Waals surface area contributed by atoms with Crippen LogP contribution in [0.5, 0.6) is 0 Å². The zero-order chi connectivity index (χ0) is 18.6. The van der Waals surface area contributed by atoms with Gasteiger partial charge >= 0.3 is 11.8 Å². The molecule has 0 bridgehead atoms. The summed E-state index contributed by atoms with van der Waals surface area (Å²) in [4.78, 5) is 29.2. The van der Waals surface area contributed by atoms with Crippen LogP contribution in [0.25, 0.3) is 0 Å². The van der Waals surface area contributed by atoms with Gasteiger partial charge in [0.15, 0.2) is 0 Å². The van der Waals surface area contributed by atoms with Gasteiger partial charge in [-0.2, -0.15) is 0 Å². The molecule has 2 fully saturated rings. The molecule has 1 saturated heterocycles. The van der Waals surface area contributed by atoms with Crippen LogP contribution in [0.1, 0.15) is 24.4 Å². The van der Waals surface area contributed by atoms with Crippen molar-refractivity contribution in [1.82, 2.24) is 10.2 Å². The average molecular weight is 363 g/mol. The molecule has 0 radical (unpaired) electrons. The topological polar surface area (TPSA) is 52.7 Å². The first-order chi connectivity index (χ1) is 13.2. The number of piperazine rings is 1. The number of carbonyl (C=O) groups is 2. The van der Waals surface area contributed by atoms with Gasteiger partial charge in [-0.25, -0.2) is 0 Å². The number of nitrogens with one attached hydrogen (secondary N) is 1. The first-order valence-electron chi connectivity index (χ1n) is 9.67. The lowest BCUT2D eigenvalue weighted by molar-refractivity contribution is -0.146. The molecule has 1 aliphatic heterocycles. The lowest BCUT2D eigenvalue weighted by Gasteiger charge is -2.36. The van der Waals surface area contributed by atoms with Gasteiger partial charge in [0.2, 0.25) is 0 Å². The van der Waals surface area contributed by atoms with Crippen LogP contribution in [-0.4, -0.2) is 42.9 Å². The van der Waals surface area contributed by atoms with Crippen LogP contribution in [0.3, 0.4) is 0 Å². The maximum atomic E-state index is 12.6. The van der Waals surface area contributed by atoms with E-state index in [2.05, 4.69) is 22.3 Å². The summed E-state index contributed by atoms with van der Waals surface area (Å²) in [5.41, 5.74) is 2.24. The second-order valence-corrected chi connectivity index (χ2v) is 7.31. The number of anilines is 1. The average Bonchev–Trinajstić information content (AvgIpc) is 3.58. The highest BCUT2D eigenvalue weighted by Crippen LogP contribution is 2.40. The molecule has 1 aliphatic carbocycles. The molecule has 1 atom stereocenters. The predicted octanol–water partition coefficient (Wildman–Crippen LogP) is 2.60. The fourth-order valence-electron chi connectivity index (χ4n) is 3.72. The number of hydrogen-bond acceptors (Lipinski definition) is 3. The van der Waals surface area contributed by atoms with Crippen molar-refractivity contribution in [2.75, 3.05) is 31.1 Å². The molecule has 2 aliphatic rings. The number of amides is 2. The minimum atomic E-state index is -0.482. The van der Waals surface area contributed by atoms with Crippen LogP contribution in [0.4, 0.5) is 5.69 Å². The van der Waals surface area contributed by atoms with E-state index in [1.165, 1.54) is 0 Å². The molecule has 2 aromatic rings. The number of rotatable bonds is 4. The van der Waals surface area contributed by atoms with Crippen molar-refractivity contribution in [2.45, 2.75) is 18.9 Å². The van der Waals surface area contributed by atoms with Crippen molar-refractivity contribution in [3.8, 4) is 0 Å². The summed E-state index contributed by atoms with van der Waals surface area (Å²) in [6, 6.07) is 20.1. The van der Waals surface area contributed by atoms with E-state index in [0.717, 1.165) is 37.2 Å². The summed E-state index contributed by atoms with van der Waals surface area (Å²) in [7, 11) is 0. The highest BCUT2D eigenvalue weighted by Gasteiger charge is 2.35. The summed E-state index contributed by atoms with van der Waals surface area (Å²) < 4.78 is 0. The fourth-order valence-corrected chi connectivity index (χ4v) is 3.72. The molecule has 5 heteroatoms. The first-order valence-corrected chi connectivity index (χ1v) is 9.67. The van der Waals surface area contributed by atoms with Gasteiger partial charge in [-0.3, -0.25) is 9.59 Å². The largest absolute Gasteiger partial charge is 0.368 e. The van der Waals surface area contributed by atoms with Crippen LogP contribution in [0, 0.1) is 5.92 Å². The Morgan fingerprint density at radius 3 is 2.04 bits per heavy atom. The lowest BCUT2D eigenvalue weighted by atomic mass is 10.0. The van der Waals surface area contributed by atoms with E-state index in [-0.39, 0.29) is 6.04 Å². The van der Waals surface area contributed by atoms with Crippen molar-refractivity contribution in [2.24, 2.45) is 5.92 Å². The summed E-state index contributed by atoms with van der Waals surface area (Å²) in [5, 5.41) is 2.99. The van der Waals surface area contributed by atoms with Gasteiger partial charge in [-0.1, -0.05) is 48.5 Å². The van der Waals surface area contributed by atoms with E-state index in [0.29, 0.717) is 19.0 Å². The monoisotopic (exact) mass is 363 g/mol. The molecule has 4 rings (SSSR count). The third-order valence-corrected chi connectivity index (χ3v) is 5.42. The molecular formula is C22H25N3O2. The van der Waals surface area contributed by atoms with Gasteiger partial charge in [0, 0.05) is 31.9 Å². The van der Waals surface area contributed by atoms with Gasteiger partial charge < -0.3 is 15.1 Å². The Hall–Kier alpha value is -2.82. The van der Waals surface area contributed by atoms with Crippen molar-refractivity contribution < 1.29 is 9.59 Å². The molecule has 27 heavy (non-hydrogen) atoms. The summed E-state index contributed by atoms with van der Waals surface area (Å²) in [6.45, 7) is 2.63. The second-order valence-electron chi connectivity index (χ2n) is 7.31. The van der Waals surface area contributed by atoms with Gasteiger partial charge in [-0.15, -0.1) is 0 Å². The Labute approximate surface area is 160 Å². The van der Waals surface area contributed by atoms with Crippen molar-refractivity contribution in [1.29, 1.82) is 0 Å². The highest BCUT2D eigenvalue weighted by molar-refractivity contribution is 6.35. The van der Waals surface area contributed by atoms with Crippen LogP contribution in [0.15, 0.2) is 60.7 Å². The van der Waals surface area contributed by atoms with Gasteiger partial charge in [0.25, 0.3) is 0 Å². The van der Waals surface area contributed by atoms with E-state index in [1.807, 2.05) is 48.5 Å². The normalized spacial score (nSPS) is 18.1. The molecule has 1 saturated carbocycles. The van der Waals surface area contributed by atoms with E-state index < -0.39 is 11.8 Å². The first kappa shape index (κ1) is 17.6. The number of para-hydroxylation sites is 1. The highest BCUT2D eigenvalue weighted by atomic mass is 16.2. The maximum Gasteiger partial charge on any atom is 0.312 e. The Balaban J connectivity index is 1.35. The Morgan fingerprint density at radius 1 is 0.852 bits per heavy atom. The van der Waals surface area contributed by atoms with Crippen LogP contribution >= 0.6 is 0 Å². The zero-order valence-electron chi connectivity index (χ0n) is 15.4. The zero-order valence-corrected chi connectivity index (χ0v) is 15.4. The summed E-state index contributed by atoms with van der Waals surface area (Å²) in [5.74, 6) is -0.452. The molecule has 2 amide bonds. The third kappa shape index (κ3) is 4.13. The van der Waals surface area contributed by atoms with E-state index in [4.69, 9.17) is 0 Å². The SMILES string of the molecule is O=C(NC(c1ccccc1)C1CC1)C(=O)N1CCN(c2ccccc2)CC1. The summed E-state index contributed by atoms with van der Waals surface area (Å²) >= 11 is 0. The van der Waals surface area contributed by atoms with Crippen LogP contribution < -0.4 is 10.2 Å². The molecule has 1 unspecified atom stereocenters. The van der Waals surface area contributed by atoms with Crippen molar-refractivity contribution in [3.63, 3.8) is 0 Å². The Morgan fingerprint density at radius 2 is 1.44 bits per heavy atom. The van der Waals surface area contributed by atoms with Gasteiger partial charge in [0.1, 0.15) is 0 Å². The lowest BCUT2D eigenvalue weighted by Crippen LogP contribution is -2.53. The van der Waals surface area contributed by atoms with Crippen LogP contribution in [-0.2, 0) is 9.59 Å². The fraction of sp³-hybridized carbons (Fsp3) is 0.364. The van der Waals surface area contributed by atoms with Gasteiger partial charge in [0.05, 0.1) is 6.04 Å².